The Morgan fingerprint density at radius 1 is 1.44 bits per heavy atom. The monoisotopic (exact) mass is 242 g/mol. The van der Waals surface area contributed by atoms with Crippen molar-refractivity contribution in [1.82, 2.24) is 19.9 Å². The first-order chi connectivity index (χ1) is 8.83. The van der Waals surface area contributed by atoms with Gasteiger partial charge in [-0.25, -0.2) is 9.50 Å². The van der Waals surface area contributed by atoms with E-state index in [2.05, 4.69) is 15.4 Å². The van der Waals surface area contributed by atoms with Gasteiger partial charge >= 0.3 is 0 Å². The molecule has 0 atom stereocenters. The van der Waals surface area contributed by atoms with Gasteiger partial charge < -0.3 is 9.73 Å². The molecule has 3 aromatic heterocycles. The zero-order valence-corrected chi connectivity index (χ0v) is 9.41. The number of fused-ring (bicyclic) bond motifs is 1. The molecule has 1 amide bonds. The van der Waals surface area contributed by atoms with E-state index in [0.29, 0.717) is 23.6 Å². The molecule has 0 aliphatic heterocycles. The zero-order valence-electron chi connectivity index (χ0n) is 9.41. The van der Waals surface area contributed by atoms with Gasteiger partial charge in [-0.15, -0.1) is 0 Å². The molecule has 0 aromatic carbocycles. The van der Waals surface area contributed by atoms with E-state index in [4.69, 9.17) is 4.42 Å². The van der Waals surface area contributed by atoms with Crippen LogP contribution in [0.3, 0.4) is 0 Å². The van der Waals surface area contributed by atoms with Crippen LogP contribution in [0.5, 0.6) is 0 Å². The molecule has 0 unspecified atom stereocenters. The van der Waals surface area contributed by atoms with Crippen molar-refractivity contribution < 1.29 is 9.21 Å². The van der Waals surface area contributed by atoms with Gasteiger partial charge in [-0.2, -0.15) is 5.10 Å². The summed E-state index contributed by atoms with van der Waals surface area (Å²) < 4.78 is 6.68. The molecule has 0 saturated heterocycles. The number of carbonyl (C=O) groups is 1. The number of hydrogen-bond donors (Lipinski definition) is 1. The summed E-state index contributed by atoms with van der Waals surface area (Å²) in [6, 6.07) is 6.96. The van der Waals surface area contributed by atoms with Gasteiger partial charge in [0.15, 0.2) is 11.3 Å². The van der Waals surface area contributed by atoms with E-state index >= 15 is 0 Å². The Kier molecular flexibility index (Phi) is 2.53. The fraction of sp³-hybridized carbons (Fsp3) is 0.0833. The quantitative estimate of drug-likeness (QED) is 0.750. The molecule has 3 aromatic rings. The average molecular weight is 242 g/mol. The van der Waals surface area contributed by atoms with E-state index in [1.54, 1.807) is 47.4 Å². The van der Waals surface area contributed by atoms with Crippen LogP contribution >= 0.6 is 0 Å². The molecule has 0 fully saturated rings. The van der Waals surface area contributed by atoms with Gasteiger partial charge in [0, 0.05) is 18.5 Å². The summed E-state index contributed by atoms with van der Waals surface area (Å²) in [5, 5.41) is 6.85. The molecule has 0 bridgehead atoms. The highest BCUT2D eigenvalue weighted by atomic mass is 16.3. The molecule has 0 spiro atoms. The minimum absolute atomic E-state index is 0.253. The molecule has 6 nitrogen and oxygen atoms in total. The Morgan fingerprint density at radius 3 is 3.17 bits per heavy atom. The molecule has 3 heterocycles. The number of nitrogens with one attached hydrogen (secondary N) is 1. The minimum atomic E-state index is -0.253. The zero-order chi connectivity index (χ0) is 12.4. The topological polar surface area (TPSA) is 72.4 Å². The molecule has 90 valence electrons. The number of rotatable bonds is 3. The summed E-state index contributed by atoms with van der Waals surface area (Å²) in [7, 11) is 0. The Morgan fingerprint density at radius 2 is 2.39 bits per heavy atom. The highest BCUT2D eigenvalue weighted by molar-refractivity contribution is 5.93. The van der Waals surface area contributed by atoms with Crippen LogP contribution in [0.1, 0.15) is 16.2 Å². The predicted octanol–water partition coefficient (Wildman–Crippen LogP) is 1.25. The van der Waals surface area contributed by atoms with Crippen LogP contribution in [-0.2, 0) is 6.54 Å². The van der Waals surface area contributed by atoms with Crippen LogP contribution in [-0.4, -0.2) is 20.5 Å². The second-order valence-corrected chi connectivity index (χ2v) is 3.71. The third kappa shape index (κ3) is 1.95. The standard InChI is InChI=1S/C12H10N4O2/c17-12(14-8-9-3-1-6-18-9)10-7-11-13-4-2-5-16(11)15-10/h1-7H,8H2,(H,14,17). The van der Waals surface area contributed by atoms with E-state index in [1.807, 2.05) is 0 Å². The summed E-state index contributed by atoms with van der Waals surface area (Å²) in [5.74, 6) is 0.446. The van der Waals surface area contributed by atoms with Crippen LogP contribution in [0.2, 0.25) is 0 Å². The Hall–Kier alpha value is -2.63. The highest BCUT2D eigenvalue weighted by Crippen LogP contribution is 2.04. The van der Waals surface area contributed by atoms with Crippen molar-refractivity contribution in [2.24, 2.45) is 0 Å². The van der Waals surface area contributed by atoms with Gasteiger partial charge in [-0.3, -0.25) is 4.79 Å². The molecule has 0 radical (unpaired) electrons. The van der Waals surface area contributed by atoms with Crippen LogP contribution < -0.4 is 5.32 Å². The SMILES string of the molecule is O=C(NCc1ccco1)c1cc2ncccn2n1. The first-order valence-electron chi connectivity index (χ1n) is 5.44. The van der Waals surface area contributed by atoms with E-state index < -0.39 is 0 Å². The van der Waals surface area contributed by atoms with Crippen LogP contribution in [0.15, 0.2) is 47.3 Å². The minimum Gasteiger partial charge on any atom is -0.467 e. The average Bonchev–Trinajstić information content (AvgIpc) is 3.04. The van der Waals surface area contributed by atoms with Crippen molar-refractivity contribution in [3.63, 3.8) is 0 Å². The van der Waals surface area contributed by atoms with Gasteiger partial charge in [-0.1, -0.05) is 0 Å². The van der Waals surface area contributed by atoms with Crippen LogP contribution in [0.25, 0.3) is 5.65 Å². The van der Waals surface area contributed by atoms with E-state index in [1.165, 1.54) is 0 Å². The van der Waals surface area contributed by atoms with E-state index in [9.17, 15) is 4.79 Å². The van der Waals surface area contributed by atoms with Crippen molar-refractivity contribution in [2.75, 3.05) is 0 Å². The Labute approximate surface area is 102 Å². The summed E-state index contributed by atoms with van der Waals surface area (Å²) >= 11 is 0. The molecule has 1 N–H and O–H groups in total. The van der Waals surface area contributed by atoms with Crippen molar-refractivity contribution in [3.05, 3.63) is 54.4 Å². The van der Waals surface area contributed by atoms with Gasteiger partial charge in [-0.05, 0) is 18.2 Å². The second kappa shape index (κ2) is 4.33. The normalized spacial score (nSPS) is 10.7. The summed E-state index contributed by atoms with van der Waals surface area (Å²) in [6.07, 6.45) is 4.96. The highest BCUT2D eigenvalue weighted by Gasteiger charge is 2.11. The van der Waals surface area contributed by atoms with Crippen molar-refractivity contribution in [1.29, 1.82) is 0 Å². The van der Waals surface area contributed by atoms with Crippen LogP contribution in [0, 0.1) is 0 Å². The summed E-state index contributed by atoms with van der Waals surface area (Å²) in [4.78, 5) is 15.9. The summed E-state index contributed by atoms with van der Waals surface area (Å²) in [6.45, 7) is 0.340. The number of carbonyl (C=O) groups excluding carboxylic acids is 1. The number of amides is 1. The lowest BCUT2D eigenvalue weighted by Gasteiger charge is -1.99. The largest absolute Gasteiger partial charge is 0.467 e. The fourth-order valence-electron chi connectivity index (χ4n) is 1.61. The fourth-order valence-corrected chi connectivity index (χ4v) is 1.61. The number of aromatic nitrogens is 3. The molecule has 18 heavy (non-hydrogen) atoms. The van der Waals surface area contributed by atoms with Crippen molar-refractivity contribution >= 4 is 11.6 Å². The molecule has 0 aliphatic carbocycles. The number of furan rings is 1. The van der Waals surface area contributed by atoms with Gasteiger partial charge in [0.2, 0.25) is 0 Å². The molecule has 3 rings (SSSR count). The van der Waals surface area contributed by atoms with E-state index in [-0.39, 0.29) is 5.91 Å². The molecule has 0 saturated carbocycles. The third-order valence-corrected chi connectivity index (χ3v) is 2.47. The third-order valence-electron chi connectivity index (χ3n) is 2.47. The van der Waals surface area contributed by atoms with Gasteiger partial charge in [0.25, 0.3) is 5.91 Å². The van der Waals surface area contributed by atoms with Crippen molar-refractivity contribution in [2.45, 2.75) is 6.54 Å². The lowest BCUT2D eigenvalue weighted by Crippen LogP contribution is -2.22. The Balaban J connectivity index is 1.75. The molecular weight excluding hydrogens is 232 g/mol. The molecule has 6 heteroatoms. The Bertz CT molecular complexity index is 639. The van der Waals surface area contributed by atoms with Crippen molar-refractivity contribution in [3.8, 4) is 0 Å². The lowest BCUT2D eigenvalue weighted by atomic mass is 10.4. The second-order valence-electron chi connectivity index (χ2n) is 3.71. The maximum absolute atomic E-state index is 11.9. The van der Waals surface area contributed by atoms with E-state index in [0.717, 1.165) is 0 Å². The maximum atomic E-state index is 11.9. The van der Waals surface area contributed by atoms with Gasteiger partial charge in [0.05, 0.1) is 12.8 Å². The molecule has 0 aliphatic rings. The maximum Gasteiger partial charge on any atom is 0.272 e. The molecular formula is C12H10N4O2. The first-order valence-corrected chi connectivity index (χ1v) is 5.44. The smallest absolute Gasteiger partial charge is 0.272 e. The predicted molar refractivity (Wildman–Crippen MR) is 62.9 cm³/mol. The lowest BCUT2D eigenvalue weighted by molar-refractivity contribution is 0.0942. The number of hydrogen-bond acceptors (Lipinski definition) is 4. The van der Waals surface area contributed by atoms with Crippen LogP contribution in [0.4, 0.5) is 0 Å². The first kappa shape index (κ1) is 10.5. The summed E-state index contributed by atoms with van der Waals surface area (Å²) in [5.41, 5.74) is 0.973. The number of nitrogens with zero attached hydrogens (tertiary/aromatic N) is 3. The van der Waals surface area contributed by atoms with Gasteiger partial charge in [0.1, 0.15) is 5.76 Å².